The summed E-state index contributed by atoms with van der Waals surface area (Å²) in [6, 6.07) is 2.10. The van der Waals surface area contributed by atoms with Gasteiger partial charge in [-0.2, -0.15) is 0 Å². The van der Waals surface area contributed by atoms with Gasteiger partial charge in [-0.05, 0) is 19.3 Å². The van der Waals surface area contributed by atoms with Gasteiger partial charge in [-0.1, -0.05) is 0 Å². The van der Waals surface area contributed by atoms with Crippen LogP contribution in [0.2, 0.25) is 0 Å². The lowest BCUT2D eigenvalue weighted by molar-refractivity contribution is -0.0421. The van der Waals surface area contributed by atoms with E-state index >= 15 is 0 Å². The minimum Gasteiger partial charge on any atom is -0.356 e. The van der Waals surface area contributed by atoms with Gasteiger partial charge < -0.3 is 14.4 Å². The average molecular weight is 295 g/mol. The van der Waals surface area contributed by atoms with Gasteiger partial charge in [-0.25, -0.2) is 9.97 Å². The molecule has 0 spiro atoms. The average Bonchev–Trinajstić information content (AvgIpc) is 3.02. The normalized spacial score (nSPS) is 20.5. The first-order valence-corrected chi connectivity index (χ1v) is 8.33. The minimum atomic E-state index is -0.0223. The van der Waals surface area contributed by atoms with Gasteiger partial charge in [-0.15, -0.1) is 11.8 Å². The smallest absolute Gasteiger partial charge is 0.158 e. The number of nitrogens with zero attached hydrogens (tertiary/aromatic N) is 3. The Kier molecular flexibility index (Phi) is 5.11. The number of ether oxygens (including phenoxy) is 2. The molecule has 0 radical (unpaired) electrons. The molecule has 1 aromatic rings. The maximum Gasteiger partial charge on any atom is 0.158 e. The van der Waals surface area contributed by atoms with Crippen LogP contribution in [-0.2, 0) is 9.47 Å². The van der Waals surface area contributed by atoms with Crippen molar-refractivity contribution in [2.45, 2.75) is 37.0 Å². The maximum atomic E-state index is 5.43. The van der Waals surface area contributed by atoms with Crippen molar-refractivity contribution in [2.75, 3.05) is 37.0 Å². The van der Waals surface area contributed by atoms with Crippen LogP contribution in [0.1, 0.15) is 25.7 Å². The molecule has 0 aromatic carbocycles. The van der Waals surface area contributed by atoms with Gasteiger partial charge in [0.1, 0.15) is 17.2 Å². The van der Waals surface area contributed by atoms with Crippen molar-refractivity contribution < 1.29 is 9.47 Å². The molecule has 0 saturated carbocycles. The Morgan fingerprint density at radius 3 is 2.75 bits per heavy atom. The van der Waals surface area contributed by atoms with Crippen LogP contribution in [-0.4, -0.2) is 48.3 Å². The molecule has 0 bridgehead atoms. The summed E-state index contributed by atoms with van der Waals surface area (Å²) in [5, 5.41) is 1.04. The van der Waals surface area contributed by atoms with Crippen molar-refractivity contribution in [3.05, 3.63) is 12.4 Å². The fourth-order valence-corrected chi connectivity index (χ4v) is 3.37. The highest BCUT2D eigenvalue weighted by atomic mass is 32.2. The summed E-state index contributed by atoms with van der Waals surface area (Å²) >= 11 is 1.75. The summed E-state index contributed by atoms with van der Waals surface area (Å²) in [6.07, 6.45) is 6.43. The number of anilines is 1. The van der Waals surface area contributed by atoms with Crippen molar-refractivity contribution in [2.24, 2.45) is 0 Å². The number of piperidine rings is 1. The van der Waals surface area contributed by atoms with E-state index in [1.165, 1.54) is 19.3 Å². The summed E-state index contributed by atoms with van der Waals surface area (Å²) in [4.78, 5) is 11.1. The lowest BCUT2D eigenvalue weighted by Crippen LogP contribution is -2.30. The lowest BCUT2D eigenvalue weighted by Gasteiger charge is -2.27. The summed E-state index contributed by atoms with van der Waals surface area (Å²) < 4.78 is 10.9. The molecule has 0 unspecified atom stereocenters. The second-order valence-electron chi connectivity index (χ2n) is 5.07. The highest BCUT2D eigenvalue weighted by Gasteiger charge is 2.16. The van der Waals surface area contributed by atoms with E-state index in [2.05, 4.69) is 20.9 Å². The SMILES string of the molecule is c1nc(SCCC2OCCO2)cc(N2CCCCC2)n1. The fourth-order valence-electron chi connectivity index (χ4n) is 2.54. The van der Waals surface area contributed by atoms with Crippen molar-refractivity contribution in [3.8, 4) is 0 Å². The van der Waals surface area contributed by atoms with Crippen LogP contribution in [0, 0.1) is 0 Å². The quantitative estimate of drug-likeness (QED) is 0.614. The molecule has 2 fully saturated rings. The van der Waals surface area contributed by atoms with Crippen LogP contribution in [0.3, 0.4) is 0 Å². The van der Waals surface area contributed by atoms with E-state index in [0.717, 1.165) is 49.3 Å². The Balaban J connectivity index is 1.51. The van der Waals surface area contributed by atoms with Crippen molar-refractivity contribution >= 4 is 17.6 Å². The van der Waals surface area contributed by atoms with Crippen LogP contribution in [0.4, 0.5) is 5.82 Å². The van der Waals surface area contributed by atoms with Gasteiger partial charge in [0.25, 0.3) is 0 Å². The molecular formula is C14H21N3O2S. The largest absolute Gasteiger partial charge is 0.356 e. The topological polar surface area (TPSA) is 47.5 Å². The second-order valence-corrected chi connectivity index (χ2v) is 6.19. The zero-order chi connectivity index (χ0) is 13.6. The first-order chi connectivity index (χ1) is 9.92. The Bertz CT molecular complexity index is 421. The Morgan fingerprint density at radius 2 is 1.95 bits per heavy atom. The number of thioether (sulfide) groups is 1. The molecule has 3 heterocycles. The standard InChI is InChI=1S/C14H21N3O2S/c1-2-5-17(6-3-1)12-10-13(16-11-15-12)20-9-4-14-18-7-8-19-14/h10-11,14H,1-9H2. The predicted molar refractivity (Wildman–Crippen MR) is 79.1 cm³/mol. The van der Waals surface area contributed by atoms with Gasteiger partial charge in [0.2, 0.25) is 0 Å². The zero-order valence-electron chi connectivity index (χ0n) is 11.7. The maximum absolute atomic E-state index is 5.43. The van der Waals surface area contributed by atoms with Crippen LogP contribution in [0.25, 0.3) is 0 Å². The number of rotatable bonds is 5. The third kappa shape index (κ3) is 3.84. The zero-order valence-corrected chi connectivity index (χ0v) is 12.5. The van der Waals surface area contributed by atoms with Crippen LogP contribution < -0.4 is 4.90 Å². The molecular weight excluding hydrogens is 274 g/mol. The van der Waals surface area contributed by atoms with Crippen LogP contribution >= 0.6 is 11.8 Å². The van der Waals surface area contributed by atoms with Gasteiger partial charge in [0, 0.05) is 31.3 Å². The van der Waals surface area contributed by atoms with E-state index in [9.17, 15) is 0 Å². The molecule has 5 nitrogen and oxygen atoms in total. The molecule has 2 aliphatic rings. The van der Waals surface area contributed by atoms with Crippen molar-refractivity contribution in [1.82, 2.24) is 9.97 Å². The van der Waals surface area contributed by atoms with Crippen molar-refractivity contribution in [3.63, 3.8) is 0 Å². The molecule has 110 valence electrons. The number of hydrogen-bond donors (Lipinski definition) is 0. The summed E-state index contributed by atoms with van der Waals surface area (Å²) in [5.41, 5.74) is 0. The Hall–Kier alpha value is -0.850. The first kappa shape index (κ1) is 14.1. The van der Waals surface area contributed by atoms with Gasteiger partial charge in [0.05, 0.1) is 13.2 Å². The van der Waals surface area contributed by atoms with Gasteiger partial charge >= 0.3 is 0 Å². The number of hydrogen-bond acceptors (Lipinski definition) is 6. The van der Waals surface area contributed by atoms with E-state index in [1.807, 2.05) is 0 Å². The summed E-state index contributed by atoms with van der Waals surface area (Å²) in [5.74, 6) is 2.02. The van der Waals surface area contributed by atoms with E-state index in [4.69, 9.17) is 9.47 Å². The summed E-state index contributed by atoms with van der Waals surface area (Å²) in [6.45, 7) is 3.68. The highest BCUT2D eigenvalue weighted by Crippen LogP contribution is 2.23. The molecule has 2 aliphatic heterocycles. The minimum absolute atomic E-state index is 0.0223. The fraction of sp³-hybridized carbons (Fsp3) is 0.714. The second kappa shape index (κ2) is 7.24. The van der Waals surface area contributed by atoms with Gasteiger partial charge in [-0.3, -0.25) is 0 Å². The predicted octanol–water partition coefficient (Wildman–Crippen LogP) is 2.32. The van der Waals surface area contributed by atoms with E-state index < -0.39 is 0 Å². The van der Waals surface area contributed by atoms with E-state index in [-0.39, 0.29) is 6.29 Å². The van der Waals surface area contributed by atoms with Crippen LogP contribution in [0.5, 0.6) is 0 Å². The molecule has 1 aromatic heterocycles. The lowest BCUT2D eigenvalue weighted by atomic mass is 10.1. The number of aromatic nitrogens is 2. The molecule has 0 aliphatic carbocycles. The molecule has 0 N–H and O–H groups in total. The van der Waals surface area contributed by atoms with Gasteiger partial charge in [0.15, 0.2) is 6.29 Å². The molecule has 6 heteroatoms. The molecule has 3 rings (SSSR count). The van der Waals surface area contributed by atoms with E-state index in [1.54, 1.807) is 18.1 Å². The summed E-state index contributed by atoms with van der Waals surface area (Å²) in [7, 11) is 0. The third-order valence-corrected chi connectivity index (χ3v) is 4.56. The molecule has 0 atom stereocenters. The Labute approximate surface area is 124 Å². The van der Waals surface area contributed by atoms with Crippen LogP contribution in [0.15, 0.2) is 17.4 Å². The highest BCUT2D eigenvalue weighted by molar-refractivity contribution is 7.99. The van der Waals surface area contributed by atoms with E-state index in [0.29, 0.717) is 0 Å². The molecule has 0 amide bonds. The Morgan fingerprint density at radius 1 is 1.15 bits per heavy atom. The molecule has 20 heavy (non-hydrogen) atoms. The third-order valence-electron chi connectivity index (χ3n) is 3.60. The molecule has 2 saturated heterocycles. The first-order valence-electron chi connectivity index (χ1n) is 7.35. The van der Waals surface area contributed by atoms with Crippen molar-refractivity contribution in [1.29, 1.82) is 0 Å². The monoisotopic (exact) mass is 295 g/mol.